The van der Waals surface area contributed by atoms with Crippen molar-refractivity contribution in [3.8, 4) is 11.1 Å². The molecule has 1 heterocycles. The average Bonchev–Trinajstić information content (AvgIpc) is 3.43. The van der Waals surface area contributed by atoms with Gasteiger partial charge in [-0.2, -0.15) is 0 Å². The lowest BCUT2D eigenvalue weighted by Gasteiger charge is -2.46. The molecule has 1 spiro atoms. The van der Waals surface area contributed by atoms with E-state index in [0.29, 0.717) is 6.42 Å². The van der Waals surface area contributed by atoms with Crippen LogP contribution in [0.3, 0.4) is 0 Å². The maximum atomic E-state index is 13.3. The van der Waals surface area contributed by atoms with Crippen LogP contribution in [0.4, 0.5) is 4.79 Å². The van der Waals surface area contributed by atoms with Crippen LogP contribution in [0.15, 0.2) is 48.5 Å². The number of hydrogen-bond acceptors (Lipinski definition) is 5. The summed E-state index contributed by atoms with van der Waals surface area (Å²) < 4.78 is 5.64. The quantitative estimate of drug-likeness (QED) is 0.591. The lowest BCUT2D eigenvalue weighted by molar-refractivity contribution is -0.184. The van der Waals surface area contributed by atoms with Crippen LogP contribution in [0.5, 0.6) is 0 Å². The predicted octanol–water partition coefficient (Wildman–Crippen LogP) is 2.74. The standard InChI is InChI=1S/C27H28N2O6/c30-22(29-15-27(34,16-29)23(31)32)26(13-25(26)10-5-11-25)14-28-24(33)35-12-21-19-8-3-1-6-17(19)18-7-2-4-9-20(18)21/h1-4,6-9,21,34H,5,10-16H2,(H,28,33)(H,31,32). The summed E-state index contributed by atoms with van der Waals surface area (Å²) >= 11 is 0. The lowest BCUT2D eigenvalue weighted by Crippen LogP contribution is -2.69. The molecule has 8 nitrogen and oxygen atoms in total. The van der Waals surface area contributed by atoms with E-state index in [4.69, 9.17) is 9.84 Å². The summed E-state index contributed by atoms with van der Waals surface area (Å²) in [6, 6.07) is 16.3. The number of likely N-dealkylation sites (tertiary alicyclic amines) is 1. The van der Waals surface area contributed by atoms with Gasteiger partial charge in [-0.05, 0) is 46.9 Å². The van der Waals surface area contributed by atoms with E-state index in [1.165, 1.54) is 4.90 Å². The summed E-state index contributed by atoms with van der Waals surface area (Å²) in [6.07, 6.45) is 2.99. The highest BCUT2D eigenvalue weighted by Gasteiger charge is 2.75. The molecule has 3 aliphatic carbocycles. The summed E-state index contributed by atoms with van der Waals surface area (Å²) in [7, 11) is 0. The summed E-state index contributed by atoms with van der Waals surface area (Å²) in [5.41, 5.74) is 1.83. The zero-order valence-corrected chi connectivity index (χ0v) is 19.3. The molecule has 2 aromatic carbocycles. The second-order valence-electron chi connectivity index (χ2n) is 10.6. The van der Waals surface area contributed by atoms with E-state index < -0.39 is 23.1 Å². The number of nitrogens with zero attached hydrogens (tertiary/aromatic N) is 1. The molecular weight excluding hydrogens is 448 g/mol. The van der Waals surface area contributed by atoms with Crippen LogP contribution in [0.2, 0.25) is 0 Å². The van der Waals surface area contributed by atoms with Gasteiger partial charge < -0.3 is 25.2 Å². The zero-order chi connectivity index (χ0) is 24.4. The minimum absolute atomic E-state index is 0.0441. The third-order valence-electron chi connectivity index (χ3n) is 8.72. The Kier molecular flexibility index (Phi) is 4.77. The van der Waals surface area contributed by atoms with Gasteiger partial charge in [-0.1, -0.05) is 55.0 Å². The normalized spacial score (nSPS) is 24.5. The SMILES string of the molecule is O=C(NCC1(C(=O)N2CC(O)(C(=O)O)C2)CC12CCC2)OCC1c2ccccc2-c2ccccc21. The number of rotatable bonds is 6. The number of ether oxygens (including phenoxy) is 1. The maximum absolute atomic E-state index is 13.3. The number of nitrogens with one attached hydrogen (secondary N) is 1. The van der Waals surface area contributed by atoms with Gasteiger partial charge in [0.15, 0.2) is 5.60 Å². The average molecular weight is 477 g/mol. The van der Waals surface area contributed by atoms with Crippen molar-refractivity contribution in [3.63, 3.8) is 0 Å². The third-order valence-corrected chi connectivity index (χ3v) is 8.72. The summed E-state index contributed by atoms with van der Waals surface area (Å²) in [6.45, 7) is -0.0812. The van der Waals surface area contributed by atoms with Gasteiger partial charge in [-0.3, -0.25) is 4.79 Å². The van der Waals surface area contributed by atoms with Crippen LogP contribution in [-0.4, -0.2) is 64.9 Å². The molecule has 1 atom stereocenters. The molecule has 35 heavy (non-hydrogen) atoms. The number of β-amino-alcohol motifs (C(OH)–C–C–N with tert-alkyl or cyclic N) is 1. The fraction of sp³-hybridized carbons (Fsp3) is 0.444. The van der Waals surface area contributed by atoms with Gasteiger partial charge in [0.2, 0.25) is 5.91 Å². The van der Waals surface area contributed by atoms with Crippen molar-refractivity contribution in [2.75, 3.05) is 26.2 Å². The molecule has 2 aromatic rings. The summed E-state index contributed by atoms with van der Waals surface area (Å²) in [4.78, 5) is 38.6. The predicted molar refractivity (Wildman–Crippen MR) is 126 cm³/mol. The summed E-state index contributed by atoms with van der Waals surface area (Å²) in [5.74, 6) is -1.54. The first-order valence-corrected chi connectivity index (χ1v) is 12.1. The maximum Gasteiger partial charge on any atom is 0.407 e. The Morgan fingerprint density at radius 3 is 2.11 bits per heavy atom. The van der Waals surface area contributed by atoms with Crippen LogP contribution in [0.25, 0.3) is 11.1 Å². The number of aliphatic hydroxyl groups is 1. The van der Waals surface area contributed by atoms with E-state index in [2.05, 4.69) is 29.6 Å². The van der Waals surface area contributed by atoms with Crippen molar-refractivity contribution in [2.24, 2.45) is 10.8 Å². The molecule has 0 aromatic heterocycles. The molecule has 1 saturated heterocycles. The second-order valence-corrected chi connectivity index (χ2v) is 10.6. The molecular formula is C27H28N2O6. The fourth-order valence-corrected chi connectivity index (χ4v) is 6.46. The number of alkyl carbamates (subject to hydrolysis) is 1. The van der Waals surface area contributed by atoms with Crippen molar-refractivity contribution in [2.45, 2.75) is 37.2 Å². The number of aliphatic carboxylic acids is 1. The monoisotopic (exact) mass is 476 g/mol. The zero-order valence-electron chi connectivity index (χ0n) is 19.3. The molecule has 4 aliphatic rings. The van der Waals surface area contributed by atoms with Crippen molar-refractivity contribution in [1.29, 1.82) is 0 Å². The van der Waals surface area contributed by atoms with Crippen LogP contribution in [-0.2, 0) is 14.3 Å². The van der Waals surface area contributed by atoms with Crippen LogP contribution in [0, 0.1) is 10.8 Å². The van der Waals surface area contributed by atoms with Gasteiger partial charge in [0.1, 0.15) is 6.61 Å². The first-order valence-electron chi connectivity index (χ1n) is 12.1. The number of hydrogen-bond donors (Lipinski definition) is 3. The number of amides is 2. The fourth-order valence-electron chi connectivity index (χ4n) is 6.46. The van der Waals surface area contributed by atoms with Crippen LogP contribution < -0.4 is 5.32 Å². The van der Waals surface area contributed by atoms with E-state index in [9.17, 15) is 19.5 Å². The molecule has 2 saturated carbocycles. The van der Waals surface area contributed by atoms with E-state index in [1.807, 2.05) is 24.3 Å². The molecule has 1 aliphatic heterocycles. The Labute approximate surface area is 202 Å². The molecule has 182 valence electrons. The van der Waals surface area contributed by atoms with E-state index in [1.54, 1.807) is 0 Å². The van der Waals surface area contributed by atoms with Crippen molar-refractivity contribution in [3.05, 3.63) is 59.7 Å². The Morgan fingerprint density at radius 2 is 1.60 bits per heavy atom. The Bertz CT molecular complexity index is 1190. The number of carbonyl (C=O) groups excluding carboxylic acids is 2. The highest BCUT2D eigenvalue weighted by Crippen LogP contribution is 2.74. The van der Waals surface area contributed by atoms with Gasteiger partial charge >= 0.3 is 12.1 Å². The highest BCUT2D eigenvalue weighted by molar-refractivity contribution is 5.92. The molecule has 1 unspecified atom stereocenters. The molecule has 3 N–H and O–H groups in total. The molecule has 6 rings (SSSR count). The smallest absolute Gasteiger partial charge is 0.407 e. The number of benzene rings is 2. The van der Waals surface area contributed by atoms with Gasteiger partial charge in [0.05, 0.1) is 18.5 Å². The Hall–Kier alpha value is -3.39. The largest absolute Gasteiger partial charge is 0.479 e. The molecule has 3 fully saturated rings. The lowest BCUT2D eigenvalue weighted by atomic mass is 9.74. The van der Waals surface area contributed by atoms with Gasteiger partial charge in [-0.25, -0.2) is 9.59 Å². The third kappa shape index (κ3) is 3.19. The van der Waals surface area contributed by atoms with Gasteiger partial charge in [-0.15, -0.1) is 0 Å². The van der Waals surface area contributed by atoms with Crippen LogP contribution in [0.1, 0.15) is 42.7 Å². The van der Waals surface area contributed by atoms with Crippen molar-refractivity contribution in [1.82, 2.24) is 10.2 Å². The number of carboxylic acid groups (broad SMARTS) is 1. The minimum atomic E-state index is -1.88. The first kappa shape index (κ1) is 22.1. The Balaban J connectivity index is 1.10. The number of carbonyl (C=O) groups is 3. The van der Waals surface area contributed by atoms with Crippen LogP contribution >= 0.6 is 0 Å². The highest BCUT2D eigenvalue weighted by atomic mass is 16.5. The Morgan fingerprint density at radius 1 is 1.00 bits per heavy atom. The molecule has 2 amide bonds. The second kappa shape index (κ2) is 7.55. The van der Waals surface area contributed by atoms with Gasteiger partial charge in [0, 0.05) is 12.5 Å². The van der Waals surface area contributed by atoms with E-state index in [-0.39, 0.29) is 43.5 Å². The minimum Gasteiger partial charge on any atom is -0.479 e. The van der Waals surface area contributed by atoms with E-state index in [0.717, 1.165) is 41.5 Å². The molecule has 0 bridgehead atoms. The first-order chi connectivity index (χ1) is 16.8. The van der Waals surface area contributed by atoms with E-state index >= 15 is 0 Å². The number of carboxylic acids is 1. The topological polar surface area (TPSA) is 116 Å². The van der Waals surface area contributed by atoms with Gasteiger partial charge in [0.25, 0.3) is 0 Å². The number of fused-ring (bicyclic) bond motifs is 3. The molecule has 0 radical (unpaired) electrons. The van der Waals surface area contributed by atoms with Crippen molar-refractivity contribution >= 4 is 18.0 Å². The summed E-state index contributed by atoms with van der Waals surface area (Å²) in [5, 5.41) is 22.0. The molecule has 8 heteroatoms. The van der Waals surface area contributed by atoms with Crippen molar-refractivity contribution < 1.29 is 29.3 Å².